The molecule has 6 N–H and O–H groups in total. The van der Waals surface area contributed by atoms with Crippen molar-refractivity contribution in [2.45, 2.75) is 403 Å². The van der Waals surface area contributed by atoms with Crippen molar-refractivity contribution >= 4 is 5.91 Å². The molecule has 1 aliphatic heterocycles. The van der Waals surface area contributed by atoms with Gasteiger partial charge in [-0.3, -0.25) is 4.79 Å². The Labute approximate surface area is 514 Å². The smallest absolute Gasteiger partial charge is 0.220 e. The molecule has 0 aromatic carbocycles. The van der Waals surface area contributed by atoms with Gasteiger partial charge in [0, 0.05) is 6.42 Å². The lowest BCUT2D eigenvalue weighted by molar-refractivity contribution is -0.302. The first-order valence-corrected chi connectivity index (χ1v) is 36.4. The van der Waals surface area contributed by atoms with Gasteiger partial charge in [0.2, 0.25) is 5.91 Å². The fourth-order valence-electron chi connectivity index (χ4n) is 11.7. The highest BCUT2D eigenvalue weighted by atomic mass is 16.7. The van der Waals surface area contributed by atoms with Crippen LogP contribution in [0.3, 0.4) is 0 Å². The fourth-order valence-corrected chi connectivity index (χ4v) is 11.7. The number of carbonyl (C=O) groups excluding carboxylic acids is 1. The number of hydrogen-bond acceptors (Lipinski definition) is 8. The SMILES string of the molecule is CCCCCCC/C=C\C/C=C\CCCCCCCCCCCCCCCCCCCCCCCCCC(=O)NC(COC1OC(CO)C(O)C(O)C1O)C(O)/C=C/CC/C=C/CCCCCCCCCCCCCCCCCCCCC. The van der Waals surface area contributed by atoms with Crippen molar-refractivity contribution in [1.82, 2.24) is 5.32 Å². The summed E-state index contributed by atoms with van der Waals surface area (Å²) >= 11 is 0. The van der Waals surface area contributed by atoms with Crippen LogP contribution in [0.5, 0.6) is 0 Å². The van der Waals surface area contributed by atoms with E-state index < -0.39 is 49.5 Å². The Morgan fingerprint density at radius 2 is 0.723 bits per heavy atom. The van der Waals surface area contributed by atoms with Crippen LogP contribution >= 0.6 is 0 Å². The number of aliphatic hydroxyl groups excluding tert-OH is 5. The molecule has 1 rings (SSSR count). The summed E-state index contributed by atoms with van der Waals surface area (Å²) in [5.74, 6) is -0.180. The van der Waals surface area contributed by atoms with Gasteiger partial charge in [0.25, 0.3) is 0 Å². The zero-order chi connectivity index (χ0) is 60.0. The third-order valence-corrected chi connectivity index (χ3v) is 17.4. The van der Waals surface area contributed by atoms with Crippen LogP contribution in [0.4, 0.5) is 0 Å². The van der Waals surface area contributed by atoms with Crippen molar-refractivity contribution < 1.29 is 39.8 Å². The normalized spacial score (nSPS) is 18.5. The first kappa shape index (κ1) is 79.2. The van der Waals surface area contributed by atoms with Gasteiger partial charge in [0.05, 0.1) is 25.4 Å². The van der Waals surface area contributed by atoms with E-state index in [0.29, 0.717) is 6.42 Å². The molecule has 7 atom stereocenters. The van der Waals surface area contributed by atoms with Crippen LogP contribution in [-0.2, 0) is 14.3 Å². The van der Waals surface area contributed by atoms with Gasteiger partial charge in [-0.25, -0.2) is 0 Å². The lowest BCUT2D eigenvalue weighted by Crippen LogP contribution is -2.60. The Kier molecular flexibility index (Phi) is 60.3. The second-order valence-corrected chi connectivity index (χ2v) is 25.4. The third kappa shape index (κ3) is 51.9. The van der Waals surface area contributed by atoms with Crippen LogP contribution in [0.15, 0.2) is 48.6 Å². The Balaban J connectivity index is 2.11. The molecule has 0 aliphatic carbocycles. The molecule has 1 amide bonds. The number of aliphatic hydroxyl groups is 5. The maximum absolute atomic E-state index is 13.1. The molecule has 1 saturated heterocycles. The lowest BCUT2D eigenvalue weighted by Gasteiger charge is -2.40. The van der Waals surface area contributed by atoms with Crippen molar-refractivity contribution in [3.63, 3.8) is 0 Å². The van der Waals surface area contributed by atoms with Crippen LogP contribution in [0.1, 0.15) is 361 Å². The Bertz CT molecular complexity index is 1450. The largest absolute Gasteiger partial charge is 0.394 e. The highest BCUT2D eigenvalue weighted by Gasteiger charge is 2.44. The number of unbranched alkanes of at least 4 members (excludes halogenated alkanes) is 48. The molecule has 0 spiro atoms. The fraction of sp³-hybridized carbons (Fsp3) is 0.878. The molecule has 0 bridgehead atoms. The van der Waals surface area contributed by atoms with Crippen LogP contribution in [0.2, 0.25) is 0 Å². The van der Waals surface area contributed by atoms with E-state index in [2.05, 4.69) is 55.6 Å². The number of allylic oxidation sites excluding steroid dienone is 7. The van der Waals surface area contributed by atoms with Gasteiger partial charge >= 0.3 is 0 Å². The summed E-state index contributed by atoms with van der Waals surface area (Å²) in [7, 11) is 0. The second kappa shape index (κ2) is 63.2. The first-order chi connectivity index (χ1) is 40.8. The molecule has 0 saturated carbocycles. The minimum Gasteiger partial charge on any atom is -0.394 e. The topological polar surface area (TPSA) is 149 Å². The van der Waals surface area contributed by atoms with E-state index in [1.165, 1.54) is 295 Å². The van der Waals surface area contributed by atoms with Crippen LogP contribution in [-0.4, -0.2) is 87.5 Å². The van der Waals surface area contributed by atoms with Crippen LogP contribution < -0.4 is 5.32 Å². The summed E-state index contributed by atoms with van der Waals surface area (Å²) in [6.07, 6.45) is 79.5. The molecule has 0 radical (unpaired) electrons. The molecule has 1 aliphatic rings. The molecule has 83 heavy (non-hydrogen) atoms. The summed E-state index contributed by atoms with van der Waals surface area (Å²) in [6, 6.07) is -0.822. The summed E-state index contributed by atoms with van der Waals surface area (Å²) in [6.45, 7) is 3.80. The van der Waals surface area contributed by atoms with E-state index in [4.69, 9.17) is 9.47 Å². The summed E-state index contributed by atoms with van der Waals surface area (Å²) in [5, 5.41) is 54.8. The van der Waals surface area contributed by atoms with E-state index in [1.54, 1.807) is 6.08 Å². The standard InChI is InChI=1S/C74H139NO8/c1-3-5-7-9-11-13-15-17-19-21-23-25-27-29-30-31-32-33-34-35-36-37-38-40-42-44-46-48-50-52-54-56-58-60-62-64-70(78)75-67(66-82-74-73(81)72(80)71(79)69(65-76)83-74)68(77)63-61-59-57-55-53-51-49-47-45-43-41-39-28-26-24-22-20-18-16-14-12-10-8-6-4-2/h15,17,21,23,53,55,61,63,67-69,71-74,76-77,79-81H,3-14,16,18-20,22,24-52,54,56-60,62,64-66H2,1-2H3,(H,75,78)/b17-15-,23-21-,55-53+,63-61+. The summed E-state index contributed by atoms with van der Waals surface area (Å²) in [5.41, 5.74) is 0. The van der Waals surface area contributed by atoms with Crippen molar-refractivity contribution in [2.75, 3.05) is 13.2 Å². The minimum atomic E-state index is -1.57. The van der Waals surface area contributed by atoms with Crippen molar-refractivity contribution in [3.05, 3.63) is 48.6 Å². The lowest BCUT2D eigenvalue weighted by atomic mass is 9.99. The highest BCUT2D eigenvalue weighted by molar-refractivity contribution is 5.76. The van der Waals surface area contributed by atoms with Gasteiger partial charge in [0.15, 0.2) is 6.29 Å². The van der Waals surface area contributed by atoms with Gasteiger partial charge in [-0.2, -0.15) is 0 Å². The number of hydrogen-bond donors (Lipinski definition) is 6. The molecule has 1 fully saturated rings. The van der Waals surface area contributed by atoms with Crippen molar-refractivity contribution in [2.24, 2.45) is 0 Å². The van der Waals surface area contributed by atoms with E-state index in [-0.39, 0.29) is 12.5 Å². The zero-order valence-corrected chi connectivity index (χ0v) is 54.7. The van der Waals surface area contributed by atoms with Gasteiger partial charge in [-0.1, -0.05) is 339 Å². The zero-order valence-electron chi connectivity index (χ0n) is 54.7. The van der Waals surface area contributed by atoms with E-state index in [0.717, 1.165) is 44.9 Å². The van der Waals surface area contributed by atoms with Gasteiger partial charge in [-0.15, -0.1) is 0 Å². The monoisotopic (exact) mass is 1170 g/mol. The average molecular weight is 1170 g/mol. The first-order valence-electron chi connectivity index (χ1n) is 36.4. The quantitative estimate of drug-likeness (QED) is 0.0261. The highest BCUT2D eigenvalue weighted by Crippen LogP contribution is 2.23. The molecule has 0 aromatic heterocycles. The van der Waals surface area contributed by atoms with Gasteiger partial charge in [-0.05, 0) is 64.2 Å². The average Bonchev–Trinajstić information content (AvgIpc) is 3.60. The van der Waals surface area contributed by atoms with Crippen LogP contribution in [0, 0.1) is 0 Å². The third-order valence-electron chi connectivity index (χ3n) is 17.4. The minimum absolute atomic E-state index is 0.180. The molecular weight excluding hydrogens is 1030 g/mol. The molecule has 9 heteroatoms. The maximum Gasteiger partial charge on any atom is 0.220 e. The second-order valence-electron chi connectivity index (χ2n) is 25.4. The van der Waals surface area contributed by atoms with Gasteiger partial charge < -0.3 is 40.3 Å². The molecule has 7 unspecified atom stereocenters. The van der Waals surface area contributed by atoms with E-state index >= 15 is 0 Å². The number of carbonyl (C=O) groups is 1. The number of ether oxygens (including phenoxy) is 2. The number of nitrogens with one attached hydrogen (secondary N) is 1. The molecular formula is C74H139NO8. The van der Waals surface area contributed by atoms with Crippen molar-refractivity contribution in [3.8, 4) is 0 Å². The summed E-state index contributed by atoms with van der Waals surface area (Å²) in [4.78, 5) is 13.1. The molecule has 9 nitrogen and oxygen atoms in total. The number of amides is 1. The maximum atomic E-state index is 13.1. The predicted octanol–water partition coefficient (Wildman–Crippen LogP) is 20.0. The van der Waals surface area contributed by atoms with E-state index in [9.17, 15) is 30.3 Å². The van der Waals surface area contributed by atoms with Gasteiger partial charge in [0.1, 0.15) is 24.4 Å². The summed E-state index contributed by atoms with van der Waals surface area (Å²) < 4.78 is 11.3. The van der Waals surface area contributed by atoms with Crippen molar-refractivity contribution in [1.29, 1.82) is 0 Å². The Morgan fingerprint density at radius 3 is 1.08 bits per heavy atom. The molecule has 1 heterocycles. The Hall–Kier alpha value is -1.85. The molecule has 0 aromatic rings. The van der Waals surface area contributed by atoms with E-state index in [1.807, 2.05) is 6.08 Å². The predicted molar refractivity (Wildman–Crippen MR) is 355 cm³/mol. The molecule has 488 valence electrons. The number of rotatable bonds is 64. The Morgan fingerprint density at radius 1 is 0.410 bits per heavy atom. The van der Waals surface area contributed by atoms with Crippen LogP contribution in [0.25, 0.3) is 0 Å².